The first-order valence-corrected chi connectivity index (χ1v) is 13.5. The second-order valence-corrected chi connectivity index (χ2v) is 10.3. The number of nitriles is 1. The molecular weight excluding hydrogens is 514 g/mol. The van der Waals surface area contributed by atoms with Crippen LogP contribution < -0.4 is 15.0 Å². The average molecular weight is 547 g/mol. The van der Waals surface area contributed by atoms with Gasteiger partial charge in [0.15, 0.2) is 11.5 Å². The summed E-state index contributed by atoms with van der Waals surface area (Å²) in [6.07, 6.45) is 2.66. The normalized spacial score (nSPS) is 21.4. The summed E-state index contributed by atoms with van der Waals surface area (Å²) in [5.74, 6) is -1.04. The zero-order chi connectivity index (χ0) is 28.1. The van der Waals surface area contributed by atoms with E-state index in [0.29, 0.717) is 50.1 Å². The largest absolute Gasteiger partial charge is 0.497 e. The van der Waals surface area contributed by atoms with Crippen LogP contribution in [0.2, 0.25) is 0 Å². The first-order valence-electron chi connectivity index (χ1n) is 13.5. The molecule has 2 fully saturated rings. The molecule has 1 aromatic heterocycles. The third-order valence-corrected chi connectivity index (χ3v) is 7.84. The number of methoxy groups -OCH3 is 1. The summed E-state index contributed by atoms with van der Waals surface area (Å²) in [5, 5.41) is 20.7. The quantitative estimate of drug-likeness (QED) is 0.504. The number of hydrogen-bond donors (Lipinski definition) is 1. The first kappa shape index (κ1) is 27.5. The fourth-order valence-corrected chi connectivity index (χ4v) is 5.73. The smallest absolute Gasteiger partial charge is 0.228 e. The summed E-state index contributed by atoms with van der Waals surface area (Å²) in [6, 6.07) is 17.1. The average Bonchev–Trinajstić information content (AvgIpc) is 3.39. The van der Waals surface area contributed by atoms with Crippen molar-refractivity contribution in [1.29, 1.82) is 5.26 Å². The van der Waals surface area contributed by atoms with Crippen LogP contribution in [0.4, 0.5) is 14.6 Å². The molecule has 0 radical (unpaired) electrons. The van der Waals surface area contributed by atoms with E-state index in [9.17, 15) is 13.6 Å². The van der Waals surface area contributed by atoms with Crippen LogP contribution in [0.1, 0.15) is 35.6 Å². The Balaban J connectivity index is 1.28. The molecule has 1 N–H and O–H groups in total. The second kappa shape index (κ2) is 12.4. The van der Waals surface area contributed by atoms with Gasteiger partial charge in [-0.3, -0.25) is 4.79 Å². The topological polar surface area (TPSA) is 94.4 Å². The minimum Gasteiger partial charge on any atom is -0.497 e. The monoisotopic (exact) mass is 546 g/mol. The van der Waals surface area contributed by atoms with Gasteiger partial charge in [0.1, 0.15) is 23.5 Å². The van der Waals surface area contributed by atoms with Crippen molar-refractivity contribution in [2.24, 2.45) is 5.92 Å². The van der Waals surface area contributed by atoms with Crippen LogP contribution in [0, 0.1) is 28.9 Å². The number of rotatable bonds is 6. The highest BCUT2D eigenvalue weighted by atomic mass is 19.1. The highest BCUT2D eigenvalue weighted by molar-refractivity contribution is 5.81. The van der Waals surface area contributed by atoms with Gasteiger partial charge in [0, 0.05) is 50.7 Å². The fourth-order valence-electron chi connectivity index (χ4n) is 5.73. The van der Waals surface area contributed by atoms with Crippen molar-refractivity contribution >= 4 is 11.7 Å². The lowest BCUT2D eigenvalue weighted by atomic mass is 9.87. The van der Waals surface area contributed by atoms with Gasteiger partial charge >= 0.3 is 0 Å². The summed E-state index contributed by atoms with van der Waals surface area (Å²) in [5.41, 5.74) is 1.73. The molecule has 0 aliphatic carbocycles. The van der Waals surface area contributed by atoms with Gasteiger partial charge < -0.3 is 19.9 Å². The van der Waals surface area contributed by atoms with E-state index in [2.05, 4.69) is 27.6 Å². The molecule has 10 heteroatoms. The number of nitrogens with one attached hydrogen (secondary N) is 1. The Morgan fingerprint density at radius 3 is 2.62 bits per heavy atom. The number of aromatic nitrogens is 2. The summed E-state index contributed by atoms with van der Waals surface area (Å²) < 4.78 is 33.9. The fraction of sp³-hybridized carbons (Fsp3) is 0.400. The van der Waals surface area contributed by atoms with E-state index in [1.54, 1.807) is 19.2 Å². The van der Waals surface area contributed by atoms with E-state index < -0.39 is 23.5 Å². The van der Waals surface area contributed by atoms with Gasteiger partial charge in [-0.2, -0.15) is 5.26 Å². The van der Waals surface area contributed by atoms with Gasteiger partial charge in [-0.25, -0.2) is 8.78 Å². The number of amides is 1. The summed E-state index contributed by atoms with van der Waals surface area (Å²) in [6.45, 7) is 2.47. The lowest BCUT2D eigenvalue weighted by Crippen LogP contribution is -2.47. The van der Waals surface area contributed by atoms with E-state index in [0.717, 1.165) is 31.1 Å². The predicted octanol–water partition coefficient (Wildman–Crippen LogP) is 3.68. The highest BCUT2D eigenvalue weighted by Crippen LogP contribution is 2.37. The third-order valence-electron chi connectivity index (χ3n) is 7.84. The Bertz CT molecular complexity index is 1350. The number of carbonyl (C=O) groups excluding carboxylic acids is 1. The van der Waals surface area contributed by atoms with Crippen molar-refractivity contribution < 1.29 is 18.3 Å². The maximum absolute atomic E-state index is 14.9. The highest BCUT2D eigenvalue weighted by Gasteiger charge is 2.42. The summed E-state index contributed by atoms with van der Waals surface area (Å²) in [7, 11) is 1.65. The Hall–Kier alpha value is -4.10. The van der Waals surface area contributed by atoms with Crippen molar-refractivity contribution in [2.45, 2.75) is 31.2 Å². The van der Waals surface area contributed by atoms with Gasteiger partial charge in [0.2, 0.25) is 5.91 Å². The van der Waals surface area contributed by atoms with Gasteiger partial charge in [-0.1, -0.05) is 18.2 Å². The molecule has 8 nitrogen and oxygen atoms in total. The number of anilines is 1. The molecule has 2 aliphatic rings. The van der Waals surface area contributed by atoms with Crippen molar-refractivity contribution in [3.05, 3.63) is 83.1 Å². The molecule has 0 bridgehead atoms. The van der Waals surface area contributed by atoms with Gasteiger partial charge in [0.05, 0.1) is 13.0 Å². The van der Waals surface area contributed by atoms with E-state index in [-0.39, 0.29) is 11.6 Å². The minimum absolute atomic E-state index is 0.0479. The standard InChI is InChI=1S/C30H32F2N6O2/c1-40-24-8-4-20(5-9-24)15-22-3-2-13-37(14-12-34-22)30(39)27-19-38(29-11-7-23(17-33)35-36-29)18-26(27)25-10-6-21(31)16-28(25)32/h4-11,16,22,26-27,34H,2-3,12-15,18-19H2,1H3. The lowest BCUT2D eigenvalue weighted by Gasteiger charge is -2.32. The maximum Gasteiger partial charge on any atom is 0.228 e. The van der Waals surface area contributed by atoms with E-state index >= 15 is 0 Å². The molecule has 5 rings (SSSR count). The Kier molecular flexibility index (Phi) is 8.51. The van der Waals surface area contributed by atoms with E-state index in [1.165, 1.54) is 17.7 Å². The molecule has 0 saturated carbocycles. The molecule has 2 aromatic carbocycles. The molecule has 0 spiro atoms. The zero-order valence-corrected chi connectivity index (χ0v) is 22.4. The van der Waals surface area contributed by atoms with Crippen LogP contribution in [0.3, 0.4) is 0 Å². The van der Waals surface area contributed by atoms with E-state index in [4.69, 9.17) is 10.00 Å². The number of ether oxygens (including phenoxy) is 1. The molecule has 3 unspecified atom stereocenters. The number of hydrogen-bond acceptors (Lipinski definition) is 7. The van der Waals surface area contributed by atoms with Crippen LogP contribution in [-0.4, -0.2) is 66.9 Å². The van der Waals surface area contributed by atoms with Crippen molar-refractivity contribution in [3.63, 3.8) is 0 Å². The van der Waals surface area contributed by atoms with Gasteiger partial charge in [0.25, 0.3) is 0 Å². The second-order valence-electron chi connectivity index (χ2n) is 10.3. The Labute approximate surface area is 232 Å². The van der Waals surface area contributed by atoms with Crippen molar-refractivity contribution in [3.8, 4) is 11.8 Å². The summed E-state index contributed by atoms with van der Waals surface area (Å²) in [4.78, 5) is 17.7. The maximum atomic E-state index is 14.9. The predicted molar refractivity (Wildman–Crippen MR) is 146 cm³/mol. The molecule has 208 valence electrons. The lowest BCUT2D eigenvalue weighted by molar-refractivity contribution is -0.135. The molecule has 3 atom stereocenters. The SMILES string of the molecule is COc1ccc(CC2CCCN(C(=O)C3CN(c4ccc(C#N)nn4)CC3c3ccc(F)cc3F)CCN2)cc1. The molecule has 3 aromatic rings. The Morgan fingerprint density at radius 1 is 1.10 bits per heavy atom. The third kappa shape index (κ3) is 6.20. The molecule has 2 saturated heterocycles. The minimum atomic E-state index is -0.661. The van der Waals surface area contributed by atoms with Crippen LogP contribution in [0.15, 0.2) is 54.6 Å². The van der Waals surface area contributed by atoms with Crippen molar-refractivity contribution in [2.75, 3.05) is 44.7 Å². The zero-order valence-electron chi connectivity index (χ0n) is 22.4. The van der Waals surface area contributed by atoms with Crippen LogP contribution in [0.5, 0.6) is 5.75 Å². The van der Waals surface area contributed by atoms with Gasteiger partial charge in [-0.05, 0) is 60.7 Å². The van der Waals surface area contributed by atoms with E-state index in [1.807, 2.05) is 28.0 Å². The van der Waals surface area contributed by atoms with Gasteiger partial charge in [-0.15, -0.1) is 10.2 Å². The number of carbonyl (C=O) groups is 1. The number of benzene rings is 2. The van der Waals surface area contributed by atoms with Crippen LogP contribution in [-0.2, 0) is 11.2 Å². The molecule has 1 amide bonds. The van der Waals surface area contributed by atoms with Crippen LogP contribution >= 0.6 is 0 Å². The Morgan fingerprint density at radius 2 is 1.93 bits per heavy atom. The molecule has 40 heavy (non-hydrogen) atoms. The van der Waals surface area contributed by atoms with Crippen LogP contribution in [0.25, 0.3) is 0 Å². The molecule has 3 heterocycles. The van der Waals surface area contributed by atoms with Crippen molar-refractivity contribution in [1.82, 2.24) is 20.4 Å². The number of nitrogens with zero attached hydrogens (tertiary/aromatic N) is 5. The summed E-state index contributed by atoms with van der Waals surface area (Å²) >= 11 is 0. The molecular formula is C30H32F2N6O2. The first-order chi connectivity index (χ1) is 19.4. The molecule has 2 aliphatic heterocycles. The number of halogens is 2.